The number of urea groups is 1. The first-order valence-corrected chi connectivity index (χ1v) is 10.9. The Labute approximate surface area is 212 Å². The average molecular weight is 512 g/mol. The smallest absolute Gasteiger partial charge is 0.336 e. The number of carbonyl (C=O) groups excluding carboxylic acids is 1. The van der Waals surface area contributed by atoms with Crippen molar-refractivity contribution in [3.63, 3.8) is 0 Å². The summed E-state index contributed by atoms with van der Waals surface area (Å²) in [6, 6.07) is 17.1. The van der Waals surface area contributed by atoms with E-state index in [1.54, 1.807) is 47.5 Å². The summed E-state index contributed by atoms with van der Waals surface area (Å²) in [5, 5.41) is 18.6. The summed E-state index contributed by atoms with van der Waals surface area (Å²) in [5.74, 6) is -0.406. The SMILES string of the molecule is NC(=O)NN1CCOCC1.Nc1ccc2c(-c3ccccc3C(=O)O)c3ccc(=[NH2+])cc-3oc2c1.[Cl-]. The molecule has 11 heteroatoms. The van der Waals surface area contributed by atoms with E-state index in [-0.39, 0.29) is 18.0 Å². The fourth-order valence-corrected chi connectivity index (χ4v) is 3.93. The topological polar surface area (TPSA) is 170 Å². The van der Waals surface area contributed by atoms with E-state index in [1.807, 2.05) is 18.2 Å². The van der Waals surface area contributed by atoms with E-state index >= 15 is 0 Å². The van der Waals surface area contributed by atoms with Gasteiger partial charge in [0.05, 0.1) is 24.8 Å². The van der Waals surface area contributed by atoms with Crippen molar-refractivity contribution >= 4 is 28.7 Å². The number of carboxylic acid groups (broad SMARTS) is 1. The predicted molar refractivity (Wildman–Crippen MR) is 130 cm³/mol. The number of amides is 2. The number of primary amides is 1. The van der Waals surface area contributed by atoms with E-state index in [0.29, 0.717) is 54.3 Å². The number of fused-ring (bicyclic) bond motifs is 2. The summed E-state index contributed by atoms with van der Waals surface area (Å²) < 4.78 is 11.0. The Balaban J connectivity index is 0.000000278. The van der Waals surface area contributed by atoms with Crippen molar-refractivity contribution in [1.82, 2.24) is 10.4 Å². The quantitative estimate of drug-likeness (QED) is 0.157. The highest BCUT2D eigenvalue weighted by Crippen LogP contribution is 2.41. The van der Waals surface area contributed by atoms with Crippen LogP contribution >= 0.6 is 0 Å². The van der Waals surface area contributed by atoms with Crippen LogP contribution in [0.2, 0.25) is 0 Å². The number of nitrogens with zero attached hydrogens (tertiary/aromatic N) is 1. The molecule has 1 saturated heterocycles. The number of nitrogens with one attached hydrogen (secondary N) is 1. The van der Waals surface area contributed by atoms with Crippen molar-refractivity contribution in [1.29, 1.82) is 0 Å². The lowest BCUT2D eigenvalue weighted by molar-refractivity contribution is -0.172. The number of hydrogen-bond donors (Lipinski definition) is 5. The van der Waals surface area contributed by atoms with Crippen molar-refractivity contribution in [3.8, 4) is 22.5 Å². The highest BCUT2D eigenvalue weighted by molar-refractivity contribution is 6.07. The third-order valence-corrected chi connectivity index (χ3v) is 5.48. The number of ether oxygens (including phenoxy) is 1. The Hall–Kier alpha value is -4.12. The van der Waals surface area contributed by atoms with Crippen LogP contribution in [0.3, 0.4) is 0 Å². The first kappa shape index (κ1) is 26.5. The molecule has 0 radical (unpaired) electrons. The molecule has 0 atom stereocenters. The van der Waals surface area contributed by atoms with Gasteiger partial charge >= 0.3 is 12.0 Å². The standard InChI is InChI=1S/C20H14N2O3.C5H11N3O2.ClH/c21-11-5-7-15-17(9-11)25-18-10-12(22)6-8-16(18)19(15)13-3-1-2-4-14(13)20(23)24;6-5(9)7-8-1-3-10-4-2-8;/h1-10,21H,22H2,(H,23,24);1-4H2,(H3,6,7,9);1H. The van der Waals surface area contributed by atoms with Crippen LogP contribution in [0.25, 0.3) is 33.4 Å². The third-order valence-electron chi connectivity index (χ3n) is 5.48. The summed E-state index contributed by atoms with van der Waals surface area (Å²) in [4.78, 5) is 22.0. The number of carbonyl (C=O) groups is 2. The molecule has 2 heterocycles. The maximum atomic E-state index is 11.7. The number of hydrogen-bond acceptors (Lipinski definition) is 6. The molecule has 0 bridgehead atoms. The monoisotopic (exact) mass is 511 g/mol. The Bertz CT molecular complexity index is 1420. The second-order valence-electron chi connectivity index (χ2n) is 7.91. The summed E-state index contributed by atoms with van der Waals surface area (Å²) in [7, 11) is 0. The number of rotatable bonds is 3. The van der Waals surface area contributed by atoms with Gasteiger partial charge < -0.3 is 38.1 Å². The second kappa shape index (κ2) is 11.5. The molecule has 2 aromatic carbocycles. The van der Waals surface area contributed by atoms with Crippen LogP contribution in [0.5, 0.6) is 0 Å². The number of carboxylic acids is 1. The van der Waals surface area contributed by atoms with E-state index in [0.717, 1.165) is 16.5 Å². The zero-order valence-corrected chi connectivity index (χ0v) is 20.0. The van der Waals surface area contributed by atoms with Crippen LogP contribution in [0, 0.1) is 0 Å². The van der Waals surface area contributed by atoms with E-state index in [4.69, 9.17) is 26.0 Å². The lowest BCUT2D eigenvalue weighted by Crippen LogP contribution is -3.00. The van der Waals surface area contributed by atoms with Crippen molar-refractivity contribution in [2.24, 2.45) is 5.73 Å². The number of anilines is 1. The molecule has 0 unspecified atom stereocenters. The maximum Gasteiger partial charge on any atom is 0.336 e. The number of nitrogen functional groups attached to an aromatic ring is 1. The van der Waals surface area contributed by atoms with Crippen molar-refractivity contribution in [2.75, 3.05) is 32.0 Å². The minimum Gasteiger partial charge on any atom is -1.00 e. The molecule has 1 fully saturated rings. The van der Waals surface area contributed by atoms with Gasteiger partial charge in [0.25, 0.3) is 0 Å². The highest BCUT2D eigenvalue weighted by atomic mass is 35.5. The Kier molecular flexibility index (Phi) is 8.49. The van der Waals surface area contributed by atoms with Gasteiger partial charge in [-0.25, -0.2) is 14.6 Å². The molecule has 3 aliphatic rings. The summed E-state index contributed by atoms with van der Waals surface area (Å²) >= 11 is 0. The zero-order chi connectivity index (χ0) is 24.9. The molecule has 1 aliphatic carbocycles. The number of halogens is 1. The Morgan fingerprint density at radius 2 is 1.72 bits per heavy atom. The highest BCUT2D eigenvalue weighted by Gasteiger charge is 2.21. The molecule has 2 aromatic rings. The molecule has 0 spiro atoms. The van der Waals surface area contributed by atoms with Gasteiger partial charge in [0.15, 0.2) is 5.36 Å². The van der Waals surface area contributed by atoms with E-state index < -0.39 is 12.0 Å². The normalized spacial score (nSPS) is 13.3. The minimum atomic E-state index is -0.983. The van der Waals surface area contributed by atoms with Gasteiger partial charge in [-0.3, -0.25) is 10.8 Å². The van der Waals surface area contributed by atoms with Gasteiger partial charge in [-0.2, -0.15) is 0 Å². The molecule has 5 rings (SSSR count). The van der Waals surface area contributed by atoms with Gasteiger partial charge in [0.1, 0.15) is 11.3 Å². The minimum absolute atomic E-state index is 0. The molecule has 10 nitrogen and oxygen atoms in total. The second-order valence-corrected chi connectivity index (χ2v) is 7.91. The van der Waals surface area contributed by atoms with E-state index in [2.05, 4.69) is 5.43 Å². The third kappa shape index (κ3) is 5.92. The Morgan fingerprint density at radius 3 is 2.42 bits per heavy atom. The molecule has 8 N–H and O–H groups in total. The van der Waals surface area contributed by atoms with Crippen LogP contribution in [-0.2, 0) is 4.74 Å². The fraction of sp³-hybridized carbons (Fsp3) is 0.160. The number of aromatic carboxylic acids is 1. The summed E-state index contributed by atoms with van der Waals surface area (Å²) in [6.45, 7) is 2.73. The van der Waals surface area contributed by atoms with Gasteiger partial charge in [0.2, 0.25) is 0 Å². The van der Waals surface area contributed by atoms with Crippen LogP contribution in [0.1, 0.15) is 10.4 Å². The lowest BCUT2D eigenvalue weighted by atomic mass is 9.91. The van der Waals surface area contributed by atoms with Crippen LogP contribution in [0.4, 0.5) is 10.5 Å². The van der Waals surface area contributed by atoms with Crippen LogP contribution in [-0.4, -0.2) is 48.4 Å². The lowest BCUT2D eigenvalue weighted by Gasteiger charge is -2.25. The fourth-order valence-electron chi connectivity index (χ4n) is 3.93. The molecule has 188 valence electrons. The van der Waals surface area contributed by atoms with Gasteiger partial charge in [-0.05, 0) is 29.8 Å². The number of hydrazine groups is 1. The number of morpholine rings is 1. The van der Waals surface area contributed by atoms with Crippen molar-refractivity contribution in [3.05, 3.63) is 71.6 Å². The molecule has 0 saturated carbocycles. The summed E-state index contributed by atoms with van der Waals surface area (Å²) in [5.41, 5.74) is 16.8. The first-order chi connectivity index (χ1) is 16.8. The van der Waals surface area contributed by atoms with Crippen molar-refractivity contribution < 1.29 is 41.7 Å². The van der Waals surface area contributed by atoms with E-state index in [9.17, 15) is 14.7 Å². The van der Waals surface area contributed by atoms with Crippen molar-refractivity contribution in [2.45, 2.75) is 0 Å². The maximum absolute atomic E-state index is 11.7. The number of benzene rings is 3. The zero-order valence-electron chi connectivity index (χ0n) is 19.2. The number of nitrogens with two attached hydrogens (primary N) is 3. The molecule has 0 aromatic heterocycles. The van der Waals surface area contributed by atoms with Gasteiger partial charge in [-0.15, -0.1) is 0 Å². The van der Waals surface area contributed by atoms with Crippen LogP contribution in [0.15, 0.2) is 65.1 Å². The molecule has 2 aliphatic heterocycles. The first-order valence-electron chi connectivity index (χ1n) is 10.9. The molecule has 2 amide bonds. The predicted octanol–water partition coefficient (Wildman–Crippen LogP) is -1.95. The molecular formula is C25H26ClN5O5. The van der Waals surface area contributed by atoms with E-state index in [1.165, 1.54) is 0 Å². The Morgan fingerprint density at radius 1 is 1.00 bits per heavy atom. The average Bonchev–Trinajstić information content (AvgIpc) is 2.83. The summed E-state index contributed by atoms with van der Waals surface area (Å²) in [6.07, 6.45) is 0. The van der Waals surface area contributed by atoms with Gasteiger partial charge in [0, 0.05) is 47.4 Å². The molecule has 36 heavy (non-hydrogen) atoms. The molecular weight excluding hydrogens is 486 g/mol. The largest absolute Gasteiger partial charge is 1.00 e. The van der Waals surface area contributed by atoms with Gasteiger partial charge in [-0.1, -0.05) is 18.2 Å². The van der Waals surface area contributed by atoms with Crippen LogP contribution < -0.4 is 40.1 Å².